The molecule has 0 amide bonds. The number of benzene rings is 8. The van der Waals surface area contributed by atoms with Gasteiger partial charge in [-0.15, -0.1) is 11.3 Å². The van der Waals surface area contributed by atoms with Gasteiger partial charge in [-0.05, 0) is 128 Å². The van der Waals surface area contributed by atoms with E-state index in [4.69, 9.17) is 0 Å². The maximum atomic E-state index is 2.39. The molecule has 246 valence electrons. The molecule has 0 aliphatic heterocycles. The van der Waals surface area contributed by atoms with Crippen molar-refractivity contribution in [1.82, 2.24) is 0 Å². The van der Waals surface area contributed by atoms with E-state index >= 15 is 0 Å². The smallest absolute Gasteiger partial charge is 0.0467 e. The topological polar surface area (TPSA) is 3.24 Å². The Labute approximate surface area is 308 Å². The number of hydrogen-bond donors (Lipinski definition) is 0. The van der Waals surface area contributed by atoms with Crippen molar-refractivity contribution in [1.29, 1.82) is 0 Å². The van der Waals surface area contributed by atoms with E-state index in [0.29, 0.717) is 0 Å². The number of thiophene rings is 1. The van der Waals surface area contributed by atoms with Gasteiger partial charge in [0.15, 0.2) is 0 Å². The van der Waals surface area contributed by atoms with E-state index < -0.39 is 0 Å². The normalized spacial score (nSPS) is 12.4. The van der Waals surface area contributed by atoms with E-state index in [2.05, 4.69) is 193 Å². The molecule has 0 N–H and O–H groups in total. The summed E-state index contributed by atoms with van der Waals surface area (Å²) in [5, 5.41) is 6.53. The van der Waals surface area contributed by atoms with Gasteiger partial charge in [-0.1, -0.05) is 133 Å². The SMILES string of the molecule is C1=Cc2sc3cccc(-c4ccc(N(c5ccc(-c6cc7ccccc7c7ccccc67)cc5)c5cccc(-c6ccccc6)c5)cc4)c3c2CC1. The molecule has 0 saturated carbocycles. The first-order valence-electron chi connectivity index (χ1n) is 18.1. The molecule has 10 rings (SSSR count). The van der Waals surface area contributed by atoms with Crippen LogP contribution < -0.4 is 4.90 Å². The number of anilines is 3. The molecule has 0 bridgehead atoms. The first-order valence-corrected chi connectivity index (χ1v) is 18.9. The monoisotopic (exact) mass is 681 g/mol. The fourth-order valence-electron chi connectivity index (χ4n) is 8.05. The van der Waals surface area contributed by atoms with Crippen molar-refractivity contribution in [2.45, 2.75) is 12.8 Å². The Morgan fingerprint density at radius 2 is 1.10 bits per heavy atom. The second kappa shape index (κ2) is 12.8. The molecule has 0 radical (unpaired) electrons. The Balaban J connectivity index is 1.08. The molecule has 8 aromatic carbocycles. The maximum absolute atomic E-state index is 2.39. The van der Waals surface area contributed by atoms with Crippen LogP contribution in [0.25, 0.3) is 71.1 Å². The van der Waals surface area contributed by atoms with Crippen LogP contribution in [-0.2, 0) is 6.42 Å². The van der Waals surface area contributed by atoms with E-state index in [1.165, 1.54) is 75.5 Å². The van der Waals surface area contributed by atoms with Crippen molar-refractivity contribution in [3.8, 4) is 33.4 Å². The van der Waals surface area contributed by atoms with E-state index in [0.717, 1.165) is 29.9 Å². The molecular formula is C50H35NS. The van der Waals surface area contributed by atoms with Gasteiger partial charge in [0.1, 0.15) is 0 Å². The van der Waals surface area contributed by atoms with E-state index in [1.807, 2.05) is 11.3 Å². The van der Waals surface area contributed by atoms with Crippen LogP contribution in [0.3, 0.4) is 0 Å². The fourth-order valence-corrected chi connectivity index (χ4v) is 9.26. The Morgan fingerprint density at radius 1 is 0.442 bits per heavy atom. The average molecular weight is 682 g/mol. The Kier molecular flexibility index (Phi) is 7.55. The van der Waals surface area contributed by atoms with E-state index in [-0.39, 0.29) is 0 Å². The number of hydrogen-bond acceptors (Lipinski definition) is 2. The molecule has 1 nitrogen and oxygen atoms in total. The molecule has 9 aromatic rings. The lowest BCUT2D eigenvalue weighted by atomic mass is 9.93. The molecule has 0 atom stereocenters. The predicted molar refractivity (Wildman–Crippen MR) is 225 cm³/mol. The third-order valence-corrected chi connectivity index (χ3v) is 11.7. The Hall–Kier alpha value is -6.22. The van der Waals surface area contributed by atoms with Crippen molar-refractivity contribution in [3.63, 3.8) is 0 Å². The third-order valence-electron chi connectivity index (χ3n) is 10.5. The molecule has 0 spiro atoms. The zero-order chi connectivity index (χ0) is 34.4. The van der Waals surface area contributed by atoms with Crippen molar-refractivity contribution in [3.05, 3.63) is 192 Å². The summed E-state index contributed by atoms with van der Waals surface area (Å²) in [4.78, 5) is 3.80. The summed E-state index contributed by atoms with van der Waals surface area (Å²) in [6.07, 6.45) is 6.84. The second-order valence-electron chi connectivity index (χ2n) is 13.6. The molecule has 52 heavy (non-hydrogen) atoms. The molecule has 0 unspecified atom stereocenters. The van der Waals surface area contributed by atoms with Gasteiger partial charge in [0.2, 0.25) is 0 Å². The second-order valence-corrected chi connectivity index (χ2v) is 14.7. The fraction of sp³-hybridized carbons (Fsp3) is 0.0400. The molecule has 1 aromatic heterocycles. The highest BCUT2D eigenvalue weighted by Gasteiger charge is 2.18. The van der Waals surface area contributed by atoms with E-state index in [9.17, 15) is 0 Å². The summed E-state index contributed by atoms with van der Waals surface area (Å²) in [5.41, 5.74) is 12.3. The van der Waals surface area contributed by atoms with Gasteiger partial charge in [0.25, 0.3) is 0 Å². The van der Waals surface area contributed by atoms with Crippen LogP contribution >= 0.6 is 11.3 Å². The van der Waals surface area contributed by atoms with Crippen LogP contribution in [0.1, 0.15) is 16.9 Å². The summed E-state index contributed by atoms with van der Waals surface area (Å²) < 4.78 is 1.37. The van der Waals surface area contributed by atoms with Crippen LogP contribution in [-0.4, -0.2) is 0 Å². The highest BCUT2D eigenvalue weighted by molar-refractivity contribution is 7.20. The lowest BCUT2D eigenvalue weighted by molar-refractivity contribution is 1.01. The highest BCUT2D eigenvalue weighted by atomic mass is 32.1. The van der Waals surface area contributed by atoms with Crippen LogP contribution in [0.4, 0.5) is 17.1 Å². The van der Waals surface area contributed by atoms with Gasteiger partial charge in [-0.3, -0.25) is 0 Å². The highest BCUT2D eigenvalue weighted by Crippen LogP contribution is 2.43. The first-order chi connectivity index (χ1) is 25.8. The Bertz CT molecular complexity index is 2770. The number of rotatable bonds is 6. The minimum absolute atomic E-state index is 1.11. The van der Waals surface area contributed by atoms with Crippen molar-refractivity contribution in [2.24, 2.45) is 0 Å². The quantitative estimate of drug-likeness (QED) is 0.158. The van der Waals surface area contributed by atoms with Gasteiger partial charge in [0, 0.05) is 32.0 Å². The number of fused-ring (bicyclic) bond motifs is 6. The van der Waals surface area contributed by atoms with Crippen LogP contribution in [0.15, 0.2) is 182 Å². The van der Waals surface area contributed by atoms with Crippen molar-refractivity contribution in [2.75, 3.05) is 4.90 Å². The van der Waals surface area contributed by atoms with Crippen LogP contribution in [0, 0.1) is 0 Å². The molecule has 2 heteroatoms. The lowest BCUT2D eigenvalue weighted by Gasteiger charge is -2.26. The van der Waals surface area contributed by atoms with Gasteiger partial charge < -0.3 is 4.90 Å². The van der Waals surface area contributed by atoms with Gasteiger partial charge in [-0.2, -0.15) is 0 Å². The summed E-state index contributed by atoms with van der Waals surface area (Å²) >= 11 is 1.92. The minimum atomic E-state index is 1.11. The minimum Gasteiger partial charge on any atom is -0.310 e. The number of aryl methyl sites for hydroxylation is 1. The zero-order valence-electron chi connectivity index (χ0n) is 28.7. The maximum Gasteiger partial charge on any atom is 0.0467 e. The Morgan fingerprint density at radius 3 is 1.88 bits per heavy atom. The van der Waals surface area contributed by atoms with Crippen LogP contribution in [0.5, 0.6) is 0 Å². The standard InChI is InChI=1S/C50H35NS/c1-2-12-34(13-3-1)37-15-10-16-41(32-37)51(39-28-24-35(25-29-39)43-21-11-23-49-50(43)46-20-8-9-22-48(46)52-49)40-30-26-36(27-31-40)47-33-38-14-4-5-17-42(38)44-18-6-7-19-45(44)47/h1-7,9-19,21-33H,8,20H2. The first kappa shape index (κ1) is 30.6. The van der Waals surface area contributed by atoms with Crippen molar-refractivity contribution >= 4 is 66.1 Å². The average Bonchev–Trinajstić information content (AvgIpc) is 3.61. The molecule has 0 saturated heterocycles. The van der Waals surface area contributed by atoms with Gasteiger partial charge in [0.05, 0.1) is 0 Å². The van der Waals surface area contributed by atoms with E-state index in [1.54, 1.807) is 0 Å². The summed E-state index contributed by atoms with van der Waals surface area (Å²) in [6.45, 7) is 0. The third kappa shape index (κ3) is 5.31. The zero-order valence-corrected chi connectivity index (χ0v) is 29.5. The number of allylic oxidation sites excluding steroid dienone is 1. The van der Waals surface area contributed by atoms with Crippen molar-refractivity contribution < 1.29 is 0 Å². The molecule has 1 heterocycles. The molecule has 1 aliphatic carbocycles. The molecule has 1 aliphatic rings. The molecule has 0 fully saturated rings. The summed E-state index contributed by atoms with van der Waals surface area (Å²) in [5.74, 6) is 0. The molecular weight excluding hydrogens is 647 g/mol. The summed E-state index contributed by atoms with van der Waals surface area (Å²) in [7, 11) is 0. The summed E-state index contributed by atoms with van der Waals surface area (Å²) in [6, 6.07) is 64.4. The van der Waals surface area contributed by atoms with Gasteiger partial charge >= 0.3 is 0 Å². The largest absolute Gasteiger partial charge is 0.310 e. The lowest BCUT2D eigenvalue weighted by Crippen LogP contribution is -2.10. The van der Waals surface area contributed by atoms with Crippen LogP contribution in [0.2, 0.25) is 0 Å². The number of nitrogens with zero attached hydrogens (tertiary/aromatic N) is 1. The van der Waals surface area contributed by atoms with Gasteiger partial charge in [-0.25, -0.2) is 0 Å². The predicted octanol–water partition coefficient (Wildman–Crippen LogP) is 14.6.